The van der Waals surface area contributed by atoms with Crippen LogP contribution in [0.25, 0.3) is 21.3 Å². The van der Waals surface area contributed by atoms with Gasteiger partial charge in [0.25, 0.3) is 0 Å². The fourth-order valence-electron chi connectivity index (χ4n) is 3.25. The number of thiazole rings is 1. The lowest BCUT2D eigenvalue weighted by Gasteiger charge is -2.22. The maximum atomic E-state index is 13.3. The molecule has 168 valence electrons. The third kappa shape index (κ3) is 4.45. The summed E-state index contributed by atoms with van der Waals surface area (Å²) in [6.45, 7) is 0.736. The zero-order valence-electron chi connectivity index (χ0n) is 17.8. The second-order valence-electron chi connectivity index (χ2n) is 7.67. The topological polar surface area (TPSA) is 106 Å². The van der Waals surface area contributed by atoms with Crippen molar-refractivity contribution in [2.24, 2.45) is 0 Å². The van der Waals surface area contributed by atoms with Crippen LogP contribution in [0.2, 0.25) is 0 Å². The maximum Gasteiger partial charge on any atom is 0.420 e. The van der Waals surface area contributed by atoms with E-state index in [-0.39, 0.29) is 17.3 Å². The molecule has 0 unspecified atom stereocenters. The molecule has 1 amide bonds. The van der Waals surface area contributed by atoms with Crippen molar-refractivity contribution in [1.29, 1.82) is 0 Å². The number of anilines is 1. The molecule has 0 aliphatic rings. The Labute approximate surface area is 188 Å². The Bertz CT molecular complexity index is 1470. The van der Waals surface area contributed by atoms with Crippen molar-refractivity contribution in [2.75, 3.05) is 38.3 Å². The molecule has 11 heteroatoms. The Morgan fingerprint density at radius 2 is 1.91 bits per heavy atom. The molecule has 2 aromatic carbocycles. The summed E-state index contributed by atoms with van der Waals surface area (Å²) in [5.74, 6) is -0.919. The zero-order chi connectivity index (χ0) is 23.0. The van der Waals surface area contributed by atoms with Crippen molar-refractivity contribution in [3.63, 3.8) is 0 Å². The van der Waals surface area contributed by atoms with Crippen molar-refractivity contribution in [2.45, 2.75) is 11.4 Å². The third-order valence-electron chi connectivity index (χ3n) is 4.95. The van der Waals surface area contributed by atoms with Crippen molar-refractivity contribution >= 4 is 53.5 Å². The van der Waals surface area contributed by atoms with E-state index >= 15 is 0 Å². The lowest BCUT2D eigenvalue weighted by molar-refractivity contribution is -0.119. The summed E-state index contributed by atoms with van der Waals surface area (Å²) in [6, 6.07) is 11.6. The Morgan fingerprint density at radius 3 is 2.62 bits per heavy atom. The van der Waals surface area contributed by atoms with Gasteiger partial charge in [0.15, 0.2) is 20.6 Å². The smallest absolute Gasteiger partial charge is 0.408 e. The van der Waals surface area contributed by atoms with Crippen LogP contribution in [0.5, 0.6) is 0 Å². The minimum absolute atomic E-state index is 0.197. The van der Waals surface area contributed by atoms with Gasteiger partial charge in [0.1, 0.15) is 6.54 Å². The van der Waals surface area contributed by atoms with E-state index in [4.69, 9.17) is 4.42 Å². The van der Waals surface area contributed by atoms with E-state index < -0.39 is 15.6 Å². The predicted molar refractivity (Wildman–Crippen MR) is 124 cm³/mol. The molecule has 0 N–H and O–H groups in total. The molecule has 32 heavy (non-hydrogen) atoms. The number of likely N-dealkylation sites (N-methyl/N-ethyl adjacent to an activating group) is 1. The van der Waals surface area contributed by atoms with Gasteiger partial charge in [-0.25, -0.2) is 18.2 Å². The highest BCUT2D eigenvalue weighted by molar-refractivity contribution is 7.90. The van der Waals surface area contributed by atoms with Crippen LogP contribution in [-0.2, 0) is 21.2 Å². The molecule has 0 bridgehead atoms. The standard InChI is InChI=1S/C21H22N4O5S2/c1-23(2)10-11-24(19(26)13-25-16-6-4-5-7-17(16)30-21(25)27)20-22-15-9-8-14(32(3,28)29)12-18(15)31-20/h4-9,12H,10-11,13H2,1-3H3. The number of benzene rings is 2. The van der Waals surface area contributed by atoms with Crippen molar-refractivity contribution < 1.29 is 17.6 Å². The van der Waals surface area contributed by atoms with Crippen LogP contribution in [-0.4, -0.2) is 62.2 Å². The molecule has 0 fully saturated rings. The van der Waals surface area contributed by atoms with Gasteiger partial charge in [-0.15, -0.1) is 0 Å². The summed E-state index contributed by atoms with van der Waals surface area (Å²) in [4.78, 5) is 33.8. The molecule has 0 aliphatic heterocycles. The SMILES string of the molecule is CN(C)CCN(C(=O)Cn1c(=O)oc2ccccc21)c1nc2ccc(S(C)(=O)=O)cc2s1. The number of amides is 1. The van der Waals surface area contributed by atoms with Gasteiger partial charge in [-0.3, -0.25) is 14.3 Å². The number of carbonyl (C=O) groups is 1. The van der Waals surface area contributed by atoms with E-state index in [1.54, 1.807) is 36.4 Å². The number of fused-ring (bicyclic) bond motifs is 2. The Balaban J connectivity index is 1.71. The first-order valence-electron chi connectivity index (χ1n) is 9.77. The van der Waals surface area contributed by atoms with Gasteiger partial charge in [-0.05, 0) is 44.4 Å². The van der Waals surface area contributed by atoms with E-state index in [2.05, 4.69) is 4.98 Å². The first-order valence-corrected chi connectivity index (χ1v) is 12.5. The maximum absolute atomic E-state index is 13.3. The summed E-state index contributed by atoms with van der Waals surface area (Å²) in [5, 5.41) is 0.443. The van der Waals surface area contributed by atoms with Crippen molar-refractivity contribution in [3.05, 3.63) is 53.0 Å². The first kappa shape index (κ1) is 22.2. The van der Waals surface area contributed by atoms with Crippen LogP contribution in [0.15, 0.2) is 56.6 Å². The first-order chi connectivity index (χ1) is 15.1. The second-order valence-corrected chi connectivity index (χ2v) is 10.7. The Hall–Kier alpha value is -3.02. The second kappa shape index (κ2) is 8.49. The molecule has 9 nitrogen and oxygen atoms in total. The van der Waals surface area contributed by atoms with Gasteiger partial charge in [0, 0.05) is 19.3 Å². The molecule has 0 aliphatic carbocycles. The quantitative estimate of drug-likeness (QED) is 0.404. The number of hydrogen-bond donors (Lipinski definition) is 0. The van der Waals surface area contributed by atoms with Gasteiger partial charge in [-0.1, -0.05) is 23.5 Å². The number of nitrogens with zero attached hydrogens (tertiary/aromatic N) is 4. The fourth-order valence-corrected chi connectivity index (χ4v) is 5.02. The fraction of sp³-hybridized carbons (Fsp3) is 0.286. The van der Waals surface area contributed by atoms with E-state index in [1.165, 1.54) is 26.9 Å². The highest BCUT2D eigenvalue weighted by Crippen LogP contribution is 2.31. The summed E-state index contributed by atoms with van der Waals surface area (Å²) in [6.07, 6.45) is 1.15. The van der Waals surface area contributed by atoms with Crippen LogP contribution in [0.4, 0.5) is 5.13 Å². The number of oxazole rings is 1. The molecule has 2 aromatic heterocycles. The molecule has 4 aromatic rings. The molecule has 0 saturated heterocycles. The molecule has 2 heterocycles. The lowest BCUT2D eigenvalue weighted by atomic mass is 10.3. The van der Waals surface area contributed by atoms with Crippen LogP contribution in [0.3, 0.4) is 0 Å². The van der Waals surface area contributed by atoms with E-state index in [9.17, 15) is 18.0 Å². The van der Waals surface area contributed by atoms with Crippen molar-refractivity contribution in [1.82, 2.24) is 14.5 Å². The Kier molecular flexibility index (Phi) is 5.89. The highest BCUT2D eigenvalue weighted by atomic mass is 32.2. The summed E-state index contributed by atoms with van der Waals surface area (Å²) >= 11 is 1.24. The van der Waals surface area contributed by atoms with Crippen LogP contribution in [0, 0.1) is 0 Å². The average molecular weight is 475 g/mol. The van der Waals surface area contributed by atoms with Gasteiger partial charge >= 0.3 is 5.76 Å². The normalized spacial score (nSPS) is 12.1. The molecule has 0 radical (unpaired) electrons. The van der Waals surface area contributed by atoms with Crippen molar-refractivity contribution in [3.8, 4) is 0 Å². The number of sulfone groups is 1. The van der Waals surface area contributed by atoms with Crippen LogP contribution >= 0.6 is 11.3 Å². The number of rotatable bonds is 7. The van der Waals surface area contributed by atoms with E-state index in [1.807, 2.05) is 19.0 Å². The zero-order valence-corrected chi connectivity index (χ0v) is 19.4. The number of hydrogen-bond acceptors (Lipinski definition) is 8. The van der Waals surface area contributed by atoms with Crippen LogP contribution in [0.1, 0.15) is 0 Å². The summed E-state index contributed by atoms with van der Waals surface area (Å²) < 4.78 is 31.0. The Morgan fingerprint density at radius 1 is 1.16 bits per heavy atom. The van der Waals surface area contributed by atoms with Gasteiger partial charge in [-0.2, -0.15) is 0 Å². The number of aromatic nitrogens is 2. The average Bonchev–Trinajstić information content (AvgIpc) is 3.27. The third-order valence-corrected chi connectivity index (χ3v) is 7.10. The minimum Gasteiger partial charge on any atom is -0.408 e. The lowest BCUT2D eigenvalue weighted by Crippen LogP contribution is -2.39. The van der Waals surface area contributed by atoms with Gasteiger partial charge in [0.05, 0.1) is 20.6 Å². The minimum atomic E-state index is -3.36. The summed E-state index contributed by atoms with van der Waals surface area (Å²) in [7, 11) is 0.433. The molecule has 4 rings (SSSR count). The molecular weight excluding hydrogens is 452 g/mol. The van der Waals surface area contributed by atoms with Crippen LogP contribution < -0.4 is 10.7 Å². The summed E-state index contributed by atoms with van der Waals surface area (Å²) in [5.41, 5.74) is 1.56. The molecule has 0 saturated carbocycles. The van der Waals surface area contributed by atoms with E-state index in [0.29, 0.717) is 39.5 Å². The number of carbonyl (C=O) groups excluding carboxylic acids is 1. The monoisotopic (exact) mass is 474 g/mol. The number of para-hydroxylation sites is 2. The van der Waals surface area contributed by atoms with Gasteiger partial charge in [0.2, 0.25) is 5.91 Å². The molecule has 0 atom stereocenters. The molecular formula is C21H22N4O5S2. The van der Waals surface area contributed by atoms with E-state index in [0.717, 1.165) is 6.26 Å². The highest BCUT2D eigenvalue weighted by Gasteiger charge is 2.23. The van der Waals surface area contributed by atoms with Gasteiger partial charge < -0.3 is 9.32 Å². The predicted octanol–water partition coefficient (Wildman–Crippen LogP) is 2.20. The largest absolute Gasteiger partial charge is 0.420 e. The molecule has 0 spiro atoms.